The van der Waals surface area contributed by atoms with E-state index in [1.54, 1.807) is 12.1 Å². The lowest BCUT2D eigenvalue weighted by Crippen LogP contribution is -2.32. The van der Waals surface area contributed by atoms with Crippen molar-refractivity contribution in [3.8, 4) is 0 Å². The van der Waals surface area contributed by atoms with Gasteiger partial charge in [-0.05, 0) is 53.7 Å². The van der Waals surface area contributed by atoms with E-state index < -0.39 is 17.4 Å². The fraction of sp³-hybridized carbons (Fsp3) is 0.158. The van der Waals surface area contributed by atoms with Crippen molar-refractivity contribution in [1.82, 2.24) is 9.88 Å². The number of nitrogens with one attached hydrogen (secondary N) is 1. The topological polar surface area (TPSA) is 82.6 Å². The monoisotopic (exact) mass is 436 g/mol. The molecule has 0 saturated carbocycles. The van der Waals surface area contributed by atoms with Crippen LogP contribution in [0.5, 0.6) is 0 Å². The number of aromatic nitrogens is 1. The third kappa shape index (κ3) is 4.79. The molecule has 0 aliphatic carbocycles. The van der Waals surface area contributed by atoms with Gasteiger partial charge in [0, 0.05) is 18.0 Å². The SMILES string of the molecule is C=C1C(=O)N(c2ccc(SC(F)(F)F)cc2)C(=O)N1Cc1ccnc(NC(C)=O)c1. The van der Waals surface area contributed by atoms with Crippen LogP contribution >= 0.6 is 11.8 Å². The van der Waals surface area contributed by atoms with Crippen LogP contribution in [0.15, 0.2) is 59.8 Å². The van der Waals surface area contributed by atoms with Gasteiger partial charge in [0.25, 0.3) is 5.91 Å². The Kier molecular flexibility index (Phi) is 5.83. The van der Waals surface area contributed by atoms with Gasteiger partial charge < -0.3 is 5.32 Å². The Balaban J connectivity index is 1.79. The number of carbonyl (C=O) groups excluding carboxylic acids is 3. The molecule has 0 unspecified atom stereocenters. The van der Waals surface area contributed by atoms with Gasteiger partial charge in [0.15, 0.2) is 0 Å². The third-order valence-corrected chi connectivity index (χ3v) is 4.73. The van der Waals surface area contributed by atoms with E-state index in [9.17, 15) is 27.6 Å². The third-order valence-electron chi connectivity index (χ3n) is 4.00. The molecule has 2 aromatic rings. The van der Waals surface area contributed by atoms with Crippen LogP contribution in [0.4, 0.5) is 29.5 Å². The number of hydrogen-bond donors (Lipinski definition) is 1. The summed E-state index contributed by atoms with van der Waals surface area (Å²) in [5.74, 6) is -0.694. The number of alkyl halides is 3. The van der Waals surface area contributed by atoms with E-state index in [0.717, 1.165) is 9.80 Å². The van der Waals surface area contributed by atoms with Crippen molar-refractivity contribution < 1.29 is 27.6 Å². The van der Waals surface area contributed by atoms with Gasteiger partial charge in [-0.3, -0.25) is 14.5 Å². The van der Waals surface area contributed by atoms with E-state index >= 15 is 0 Å². The summed E-state index contributed by atoms with van der Waals surface area (Å²) in [6, 6.07) is 7.38. The number of benzene rings is 1. The number of rotatable bonds is 5. The lowest BCUT2D eigenvalue weighted by molar-refractivity contribution is -0.115. The largest absolute Gasteiger partial charge is 0.446 e. The molecule has 11 heteroatoms. The van der Waals surface area contributed by atoms with Gasteiger partial charge in [-0.1, -0.05) is 6.58 Å². The fourth-order valence-corrected chi connectivity index (χ4v) is 3.30. The number of urea groups is 1. The Morgan fingerprint density at radius 2 is 1.87 bits per heavy atom. The van der Waals surface area contributed by atoms with Gasteiger partial charge in [-0.2, -0.15) is 13.2 Å². The molecule has 2 heterocycles. The number of carbonyl (C=O) groups is 3. The second-order valence-electron chi connectivity index (χ2n) is 6.23. The van der Waals surface area contributed by atoms with Crippen LogP contribution in [0, 0.1) is 0 Å². The Labute approximate surface area is 173 Å². The predicted molar refractivity (Wildman–Crippen MR) is 104 cm³/mol. The van der Waals surface area contributed by atoms with E-state index in [1.165, 1.54) is 37.4 Å². The number of amides is 4. The van der Waals surface area contributed by atoms with Crippen LogP contribution in [0.2, 0.25) is 0 Å². The summed E-state index contributed by atoms with van der Waals surface area (Å²) in [6.07, 6.45) is 1.44. The van der Waals surface area contributed by atoms with Crippen molar-refractivity contribution in [3.05, 3.63) is 60.4 Å². The molecule has 1 aromatic heterocycles. The minimum absolute atomic E-state index is 0.00296. The number of nitrogens with zero attached hydrogens (tertiary/aromatic N) is 3. The molecule has 0 spiro atoms. The molecule has 3 rings (SSSR count). The van der Waals surface area contributed by atoms with Crippen molar-refractivity contribution in [2.24, 2.45) is 0 Å². The zero-order chi connectivity index (χ0) is 22.1. The van der Waals surface area contributed by atoms with Crippen molar-refractivity contribution >= 4 is 41.1 Å². The summed E-state index contributed by atoms with van der Waals surface area (Å²) in [4.78, 5) is 42.4. The molecule has 4 amide bonds. The smallest absolute Gasteiger partial charge is 0.311 e. The van der Waals surface area contributed by atoms with E-state index in [4.69, 9.17) is 0 Å². The first kappa shape index (κ1) is 21.4. The lowest BCUT2D eigenvalue weighted by Gasteiger charge is -2.17. The Morgan fingerprint density at radius 3 is 2.47 bits per heavy atom. The molecule has 7 nitrogen and oxygen atoms in total. The lowest BCUT2D eigenvalue weighted by atomic mass is 10.2. The molecule has 0 bridgehead atoms. The van der Waals surface area contributed by atoms with Gasteiger partial charge in [-0.15, -0.1) is 0 Å². The maximum Gasteiger partial charge on any atom is 0.446 e. The molecular formula is C19H15F3N4O3S. The van der Waals surface area contributed by atoms with Crippen LogP contribution in [0.1, 0.15) is 12.5 Å². The molecule has 1 aromatic carbocycles. The molecule has 0 atom stereocenters. The summed E-state index contributed by atoms with van der Waals surface area (Å²) < 4.78 is 37.4. The number of pyridine rings is 1. The molecular weight excluding hydrogens is 421 g/mol. The molecule has 30 heavy (non-hydrogen) atoms. The average Bonchev–Trinajstić information content (AvgIpc) is 2.85. The highest BCUT2D eigenvalue weighted by atomic mass is 32.2. The molecule has 1 saturated heterocycles. The van der Waals surface area contributed by atoms with Gasteiger partial charge in [0.2, 0.25) is 5.91 Å². The van der Waals surface area contributed by atoms with Crippen molar-refractivity contribution in [3.63, 3.8) is 0 Å². The number of imide groups is 1. The van der Waals surface area contributed by atoms with Gasteiger partial charge in [0.1, 0.15) is 11.5 Å². The Hall–Kier alpha value is -3.34. The van der Waals surface area contributed by atoms with Gasteiger partial charge in [-0.25, -0.2) is 14.7 Å². The molecule has 1 aliphatic rings. The second-order valence-corrected chi connectivity index (χ2v) is 7.37. The van der Waals surface area contributed by atoms with E-state index in [0.29, 0.717) is 5.56 Å². The van der Waals surface area contributed by atoms with Crippen LogP contribution in [0.3, 0.4) is 0 Å². The van der Waals surface area contributed by atoms with Gasteiger partial charge >= 0.3 is 11.5 Å². The fourth-order valence-electron chi connectivity index (χ4n) is 2.76. The van der Waals surface area contributed by atoms with Gasteiger partial charge in [0.05, 0.1) is 12.2 Å². The first-order valence-electron chi connectivity index (χ1n) is 8.48. The van der Waals surface area contributed by atoms with Crippen LogP contribution in [-0.4, -0.2) is 33.2 Å². The number of anilines is 2. The molecule has 1 N–H and O–H groups in total. The maximum atomic E-state index is 12.8. The quantitative estimate of drug-likeness (QED) is 0.433. The standard InChI is InChI=1S/C19H15F3N4O3S/c1-11-17(28)26(14-3-5-15(6-4-14)30-19(20,21)22)18(29)25(11)10-13-7-8-23-16(9-13)24-12(2)27/h3-9H,1,10H2,2H3,(H,23,24,27). The number of hydrogen-bond acceptors (Lipinski definition) is 5. The van der Waals surface area contributed by atoms with Crippen LogP contribution in [0.25, 0.3) is 0 Å². The molecule has 1 fully saturated rings. The van der Waals surface area contributed by atoms with Crippen LogP contribution < -0.4 is 10.2 Å². The first-order valence-corrected chi connectivity index (χ1v) is 9.30. The second kappa shape index (κ2) is 8.19. The summed E-state index contributed by atoms with van der Waals surface area (Å²) >= 11 is -0.290. The molecule has 156 valence electrons. The summed E-state index contributed by atoms with van der Waals surface area (Å²) in [5, 5.41) is 2.52. The van der Waals surface area contributed by atoms with E-state index in [1.807, 2.05) is 0 Å². The average molecular weight is 436 g/mol. The predicted octanol–water partition coefficient (Wildman–Crippen LogP) is 4.13. The molecule has 0 radical (unpaired) electrons. The maximum absolute atomic E-state index is 12.8. The first-order chi connectivity index (χ1) is 14.0. The normalized spacial score (nSPS) is 14.5. The highest BCUT2D eigenvalue weighted by Crippen LogP contribution is 2.38. The van der Waals surface area contributed by atoms with E-state index in [2.05, 4.69) is 16.9 Å². The summed E-state index contributed by atoms with van der Waals surface area (Å²) in [5.41, 5.74) is -3.79. The number of thioether (sulfide) groups is 1. The van der Waals surface area contributed by atoms with Crippen LogP contribution in [-0.2, 0) is 16.1 Å². The molecule has 1 aliphatic heterocycles. The highest BCUT2D eigenvalue weighted by molar-refractivity contribution is 8.00. The zero-order valence-electron chi connectivity index (χ0n) is 15.6. The Bertz CT molecular complexity index is 1020. The van der Waals surface area contributed by atoms with Crippen molar-refractivity contribution in [2.45, 2.75) is 23.9 Å². The number of halogens is 3. The van der Waals surface area contributed by atoms with E-state index in [-0.39, 0.29) is 46.3 Å². The zero-order valence-corrected chi connectivity index (χ0v) is 16.4. The minimum atomic E-state index is -4.44. The van der Waals surface area contributed by atoms with Crippen molar-refractivity contribution in [2.75, 3.05) is 10.2 Å². The minimum Gasteiger partial charge on any atom is -0.311 e. The highest BCUT2D eigenvalue weighted by Gasteiger charge is 2.41. The summed E-state index contributed by atoms with van der Waals surface area (Å²) in [6.45, 7) is 4.98. The summed E-state index contributed by atoms with van der Waals surface area (Å²) in [7, 11) is 0. The van der Waals surface area contributed by atoms with Crippen molar-refractivity contribution in [1.29, 1.82) is 0 Å². The Morgan fingerprint density at radius 1 is 1.20 bits per heavy atom.